The van der Waals surface area contributed by atoms with Crippen molar-refractivity contribution >= 4 is 11.8 Å². The van der Waals surface area contributed by atoms with E-state index in [0.717, 1.165) is 12.0 Å². The van der Waals surface area contributed by atoms with Crippen LogP contribution in [0.2, 0.25) is 0 Å². The van der Waals surface area contributed by atoms with E-state index < -0.39 is 0 Å². The Hall–Kier alpha value is -2.67. The number of aromatic nitrogens is 2. The van der Waals surface area contributed by atoms with Gasteiger partial charge in [-0.25, -0.2) is 0 Å². The van der Waals surface area contributed by atoms with Gasteiger partial charge in [0.2, 0.25) is 0 Å². The first kappa shape index (κ1) is 17.2. The Kier molecular flexibility index (Phi) is 4.85. The van der Waals surface area contributed by atoms with Gasteiger partial charge in [0, 0.05) is 31.7 Å². The summed E-state index contributed by atoms with van der Waals surface area (Å²) in [4.78, 5) is 24.6. The van der Waals surface area contributed by atoms with Crippen molar-refractivity contribution in [3.63, 3.8) is 0 Å². The van der Waals surface area contributed by atoms with Crippen molar-refractivity contribution in [3.8, 4) is 0 Å². The normalized spacial score (nSPS) is 20.0. The largest absolute Gasteiger partial charge is 0.396 e. The highest BCUT2D eigenvalue weighted by Gasteiger charge is 2.38. The fourth-order valence-corrected chi connectivity index (χ4v) is 2.84. The van der Waals surface area contributed by atoms with Crippen LogP contribution in [-0.4, -0.2) is 46.4 Å². The van der Waals surface area contributed by atoms with Crippen molar-refractivity contribution in [3.05, 3.63) is 53.3 Å². The maximum atomic E-state index is 12.7. The van der Waals surface area contributed by atoms with E-state index in [9.17, 15) is 9.59 Å². The Bertz CT molecular complexity index is 772. The second kappa shape index (κ2) is 7.06. The van der Waals surface area contributed by atoms with Crippen molar-refractivity contribution in [1.82, 2.24) is 20.4 Å². The van der Waals surface area contributed by atoms with Crippen molar-refractivity contribution in [2.75, 3.05) is 13.7 Å². The maximum Gasteiger partial charge on any atom is 0.271 e. The number of carbonyl (C=O) groups is 2. The standard InChI is InChI=1S/C18H22N4O3/c1-11(12-6-4-3-5-7-12)22-16(9-15(21-22)17(24)19-2)18(25)20-14-8-13(14)10-23/h3-7,9,11,13-14,23H,8,10H2,1-2H3,(H,19,24)(H,20,25)/t11-,13-,14+/m0/s1. The van der Waals surface area contributed by atoms with Gasteiger partial charge in [0.25, 0.3) is 11.8 Å². The van der Waals surface area contributed by atoms with Crippen molar-refractivity contribution < 1.29 is 14.7 Å². The number of aliphatic hydroxyl groups is 1. The number of hydrogen-bond donors (Lipinski definition) is 3. The summed E-state index contributed by atoms with van der Waals surface area (Å²) in [7, 11) is 1.53. The molecule has 0 radical (unpaired) electrons. The zero-order chi connectivity index (χ0) is 18.0. The first-order chi connectivity index (χ1) is 12.0. The second-order valence-electron chi connectivity index (χ2n) is 6.28. The first-order valence-electron chi connectivity index (χ1n) is 8.33. The van der Waals surface area contributed by atoms with Crippen LogP contribution in [0.4, 0.5) is 0 Å². The maximum absolute atomic E-state index is 12.7. The van der Waals surface area contributed by atoms with Gasteiger partial charge >= 0.3 is 0 Å². The van der Waals surface area contributed by atoms with E-state index in [-0.39, 0.29) is 42.1 Å². The van der Waals surface area contributed by atoms with Crippen molar-refractivity contribution in [2.24, 2.45) is 5.92 Å². The fourth-order valence-electron chi connectivity index (χ4n) is 2.84. The summed E-state index contributed by atoms with van der Waals surface area (Å²) in [6.07, 6.45) is 0.771. The molecule has 1 heterocycles. The Morgan fingerprint density at radius 2 is 2.04 bits per heavy atom. The van der Waals surface area contributed by atoms with E-state index in [1.807, 2.05) is 37.3 Å². The fraction of sp³-hybridized carbons (Fsp3) is 0.389. The average Bonchev–Trinajstić information content (AvgIpc) is 3.24. The quantitative estimate of drug-likeness (QED) is 0.729. The molecule has 1 saturated carbocycles. The molecule has 0 spiro atoms. The van der Waals surface area contributed by atoms with Gasteiger partial charge in [0.15, 0.2) is 5.69 Å². The molecule has 0 unspecified atom stereocenters. The lowest BCUT2D eigenvalue weighted by Gasteiger charge is -2.16. The predicted octanol–water partition coefficient (Wildman–Crippen LogP) is 0.963. The summed E-state index contributed by atoms with van der Waals surface area (Å²) in [5.74, 6) is -0.510. The lowest BCUT2D eigenvalue weighted by molar-refractivity contribution is 0.0932. The Labute approximate surface area is 146 Å². The minimum atomic E-state index is -0.340. The molecule has 0 saturated heterocycles. The Balaban J connectivity index is 1.91. The van der Waals surface area contributed by atoms with Gasteiger partial charge in [0.05, 0.1) is 6.04 Å². The molecule has 0 bridgehead atoms. The van der Waals surface area contributed by atoms with E-state index in [1.54, 1.807) is 4.68 Å². The molecule has 1 aromatic heterocycles. The number of amides is 2. The van der Waals surface area contributed by atoms with Crippen LogP contribution >= 0.6 is 0 Å². The molecule has 25 heavy (non-hydrogen) atoms. The SMILES string of the molecule is CNC(=O)c1cc(C(=O)N[C@@H]2C[C@H]2CO)n([C@@H](C)c2ccccc2)n1. The highest BCUT2D eigenvalue weighted by molar-refractivity contribution is 5.98. The minimum Gasteiger partial charge on any atom is -0.396 e. The molecule has 3 N–H and O–H groups in total. The number of aliphatic hydroxyl groups excluding tert-OH is 1. The van der Waals surface area contributed by atoms with Gasteiger partial charge in [-0.2, -0.15) is 5.10 Å². The monoisotopic (exact) mass is 342 g/mol. The number of benzene rings is 1. The molecule has 1 aromatic carbocycles. The third kappa shape index (κ3) is 3.56. The van der Waals surface area contributed by atoms with Crippen molar-refractivity contribution in [2.45, 2.75) is 25.4 Å². The number of rotatable bonds is 6. The zero-order valence-electron chi connectivity index (χ0n) is 14.3. The molecule has 1 fully saturated rings. The topological polar surface area (TPSA) is 96.3 Å². The Morgan fingerprint density at radius 1 is 1.32 bits per heavy atom. The third-order valence-corrected chi connectivity index (χ3v) is 4.55. The number of nitrogens with one attached hydrogen (secondary N) is 2. The first-order valence-corrected chi connectivity index (χ1v) is 8.33. The molecule has 0 aliphatic heterocycles. The molecular weight excluding hydrogens is 320 g/mol. The van der Waals surface area contributed by atoms with Gasteiger partial charge in [-0.15, -0.1) is 0 Å². The van der Waals surface area contributed by atoms with Gasteiger partial charge in [-0.05, 0) is 18.9 Å². The molecule has 2 amide bonds. The van der Waals surface area contributed by atoms with E-state index >= 15 is 0 Å². The zero-order valence-corrected chi connectivity index (χ0v) is 14.3. The van der Waals surface area contributed by atoms with Crippen LogP contribution in [0.1, 0.15) is 45.9 Å². The van der Waals surface area contributed by atoms with Crippen LogP contribution in [0, 0.1) is 5.92 Å². The molecule has 2 aromatic rings. The highest BCUT2D eigenvalue weighted by Crippen LogP contribution is 2.30. The number of nitrogens with zero attached hydrogens (tertiary/aromatic N) is 2. The van der Waals surface area contributed by atoms with Crippen LogP contribution in [0.5, 0.6) is 0 Å². The highest BCUT2D eigenvalue weighted by atomic mass is 16.3. The summed E-state index contributed by atoms with van der Waals surface area (Å²) in [6, 6.07) is 11.0. The molecule has 7 heteroatoms. The smallest absolute Gasteiger partial charge is 0.271 e. The average molecular weight is 342 g/mol. The van der Waals surface area contributed by atoms with Crippen LogP contribution in [0.3, 0.4) is 0 Å². The van der Waals surface area contributed by atoms with Crippen LogP contribution in [0.25, 0.3) is 0 Å². The molecule has 1 aliphatic carbocycles. The minimum absolute atomic E-state index is 0.0173. The van der Waals surface area contributed by atoms with Gasteiger partial charge in [0.1, 0.15) is 5.69 Å². The molecular formula is C18H22N4O3. The van der Waals surface area contributed by atoms with Crippen LogP contribution < -0.4 is 10.6 Å². The summed E-state index contributed by atoms with van der Waals surface area (Å²) >= 11 is 0. The molecule has 3 atom stereocenters. The van der Waals surface area contributed by atoms with E-state index in [2.05, 4.69) is 15.7 Å². The molecule has 7 nitrogen and oxygen atoms in total. The molecule has 3 rings (SSSR count). The Morgan fingerprint density at radius 3 is 2.64 bits per heavy atom. The lowest BCUT2D eigenvalue weighted by Crippen LogP contribution is -2.30. The number of carbonyl (C=O) groups excluding carboxylic acids is 2. The number of hydrogen-bond acceptors (Lipinski definition) is 4. The van der Waals surface area contributed by atoms with Crippen LogP contribution in [0.15, 0.2) is 36.4 Å². The van der Waals surface area contributed by atoms with Crippen LogP contribution in [-0.2, 0) is 0 Å². The van der Waals surface area contributed by atoms with E-state index in [1.165, 1.54) is 13.1 Å². The third-order valence-electron chi connectivity index (χ3n) is 4.55. The van der Waals surface area contributed by atoms with Gasteiger partial charge in [-0.3, -0.25) is 14.3 Å². The summed E-state index contributed by atoms with van der Waals surface area (Å²) in [5, 5.41) is 18.9. The van der Waals surface area contributed by atoms with Gasteiger partial charge in [-0.1, -0.05) is 30.3 Å². The lowest BCUT2D eigenvalue weighted by atomic mass is 10.1. The summed E-state index contributed by atoms with van der Waals surface area (Å²) in [6.45, 7) is 1.99. The predicted molar refractivity (Wildman–Crippen MR) is 92.3 cm³/mol. The molecule has 1 aliphatic rings. The summed E-state index contributed by atoms with van der Waals surface area (Å²) < 4.78 is 1.57. The van der Waals surface area contributed by atoms with Gasteiger partial charge < -0.3 is 15.7 Å². The second-order valence-corrected chi connectivity index (χ2v) is 6.28. The van der Waals surface area contributed by atoms with E-state index in [4.69, 9.17) is 5.11 Å². The molecule has 132 valence electrons. The summed E-state index contributed by atoms with van der Waals surface area (Å²) in [5.41, 5.74) is 1.52. The van der Waals surface area contributed by atoms with Crippen molar-refractivity contribution in [1.29, 1.82) is 0 Å². The van der Waals surface area contributed by atoms with E-state index in [0.29, 0.717) is 5.69 Å².